The molecule has 1 heterocycles. The van der Waals surface area contributed by atoms with Crippen LogP contribution in [-0.2, 0) is 14.8 Å². The molecule has 0 aliphatic heterocycles. The van der Waals surface area contributed by atoms with E-state index >= 15 is 0 Å². The highest BCUT2D eigenvalue weighted by atomic mass is 32.2. The fourth-order valence-corrected chi connectivity index (χ4v) is 6.04. The molecule has 0 atom stereocenters. The molecule has 0 aliphatic carbocycles. The number of carbonyl (C=O) groups excluding carboxylic acids is 1. The lowest BCUT2D eigenvalue weighted by molar-refractivity contribution is -0.384. The van der Waals surface area contributed by atoms with Gasteiger partial charge in [0.2, 0.25) is 0 Å². The van der Waals surface area contributed by atoms with Crippen molar-refractivity contribution in [1.82, 2.24) is 9.99 Å². The van der Waals surface area contributed by atoms with Crippen LogP contribution in [0, 0.1) is 37.8 Å². The number of amides is 1. The van der Waals surface area contributed by atoms with Crippen molar-refractivity contribution in [2.24, 2.45) is 5.10 Å². The van der Waals surface area contributed by atoms with Crippen molar-refractivity contribution in [2.45, 2.75) is 32.6 Å². The van der Waals surface area contributed by atoms with Crippen LogP contribution in [0.5, 0.6) is 0 Å². The van der Waals surface area contributed by atoms with Crippen LogP contribution in [0.15, 0.2) is 88.9 Å². The number of hydrazone groups is 1. The topological polar surface area (TPSA) is 127 Å². The average molecular weight is 560 g/mol. The largest absolute Gasteiger partial charge is 0.318 e. The molecule has 1 aromatic heterocycles. The Balaban J connectivity index is 1.60. The third kappa shape index (κ3) is 5.94. The number of rotatable bonds is 9. The van der Waals surface area contributed by atoms with E-state index in [0.717, 1.165) is 38.1 Å². The summed E-state index contributed by atoms with van der Waals surface area (Å²) in [5.41, 5.74) is 7.64. The molecule has 0 saturated heterocycles. The molecule has 11 heteroatoms. The van der Waals surface area contributed by atoms with Crippen molar-refractivity contribution in [3.8, 4) is 5.69 Å². The third-order valence-electron chi connectivity index (χ3n) is 6.29. The maximum atomic E-state index is 13.5. The predicted octanol–water partition coefficient (Wildman–Crippen LogP) is 4.96. The zero-order valence-corrected chi connectivity index (χ0v) is 23.3. The van der Waals surface area contributed by atoms with Crippen LogP contribution in [0.25, 0.3) is 5.69 Å². The Hall–Kier alpha value is -4.77. The molecule has 0 saturated carbocycles. The van der Waals surface area contributed by atoms with Gasteiger partial charge in [-0.1, -0.05) is 36.4 Å². The number of hydrogen-bond donors (Lipinski definition) is 1. The number of para-hydroxylation sites is 2. The van der Waals surface area contributed by atoms with E-state index in [2.05, 4.69) is 33.3 Å². The molecule has 0 fully saturated rings. The fourth-order valence-electron chi connectivity index (χ4n) is 4.58. The zero-order valence-electron chi connectivity index (χ0n) is 22.5. The number of nitrogens with one attached hydrogen (secondary N) is 1. The van der Waals surface area contributed by atoms with Gasteiger partial charge in [0.05, 0.1) is 16.0 Å². The van der Waals surface area contributed by atoms with Gasteiger partial charge in [-0.3, -0.25) is 14.9 Å². The molecular weight excluding hydrogens is 530 g/mol. The molecule has 0 radical (unpaired) electrons. The van der Waals surface area contributed by atoms with E-state index in [-0.39, 0.29) is 10.6 Å². The highest BCUT2D eigenvalue weighted by Gasteiger charge is 2.31. The minimum Gasteiger partial charge on any atom is -0.318 e. The Morgan fingerprint density at radius 1 is 0.975 bits per heavy atom. The highest BCUT2D eigenvalue weighted by molar-refractivity contribution is 7.92. The fraction of sp³-hybridized carbons (Fsp3) is 0.172. The number of carbonyl (C=O) groups is 1. The Bertz CT molecular complexity index is 1690. The number of sulfonamides is 1. The second kappa shape index (κ2) is 11.5. The Morgan fingerprint density at radius 3 is 2.25 bits per heavy atom. The van der Waals surface area contributed by atoms with E-state index in [4.69, 9.17) is 0 Å². The monoisotopic (exact) mass is 559 g/mol. The van der Waals surface area contributed by atoms with Crippen molar-refractivity contribution < 1.29 is 18.1 Å². The summed E-state index contributed by atoms with van der Waals surface area (Å²) >= 11 is 0. The molecule has 3 aromatic carbocycles. The first-order valence-corrected chi connectivity index (χ1v) is 13.8. The minimum absolute atomic E-state index is 0.108. The molecule has 40 heavy (non-hydrogen) atoms. The standard InChI is InChI=1S/C29H29N5O5S/c1-20-14-21(2)16-25(15-20)33-22(3)17-24(23(33)4)18-30-31-29(35)19-32(27-12-8-9-13-28(27)34(36)37)40(38,39)26-10-6-5-7-11-26/h5-18H,19H2,1-4H3,(H,31,35)/b30-18+. The van der Waals surface area contributed by atoms with Gasteiger partial charge in [0.25, 0.3) is 21.6 Å². The lowest BCUT2D eigenvalue weighted by atomic mass is 10.1. The molecule has 1 amide bonds. The maximum Gasteiger partial charge on any atom is 0.293 e. The first-order chi connectivity index (χ1) is 19.0. The van der Waals surface area contributed by atoms with E-state index in [1.54, 1.807) is 6.07 Å². The lowest BCUT2D eigenvalue weighted by Crippen LogP contribution is -2.39. The molecule has 0 unspecified atom stereocenters. The van der Waals surface area contributed by atoms with Crippen LogP contribution >= 0.6 is 0 Å². The van der Waals surface area contributed by atoms with E-state index in [1.807, 2.05) is 33.8 Å². The van der Waals surface area contributed by atoms with Crippen molar-refractivity contribution in [3.05, 3.63) is 117 Å². The number of benzene rings is 3. The summed E-state index contributed by atoms with van der Waals surface area (Å²) in [7, 11) is -4.32. The van der Waals surface area contributed by atoms with Gasteiger partial charge in [0.15, 0.2) is 0 Å². The molecule has 0 bridgehead atoms. The summed E-state index contributed by atoms with van der Waals surface area (Å²) in [6.07, 6.45) is 1.49. The number of nitro groups is 1. The number of hydrogen-bond acceptors (Lipinski definition) is 6. The van der Waals surface area contributed by atoms with E-state index in [9.17, 15) is 23.3 Å². The summed E-state index contributed by atoms with van der Waals surface area (Å²) in [5.74, 6) is -0.767. The Morgan fingerprint density at radius 2 is 1.60 bits per heavy atom. The number of nitro benzene ring substituents is 1. The predicted molar refractivity (Wildman–Crippen MR) is 155 cm³/mol. The maximum absolute atomic E-state index is 13.5. The van der Waals surface area contributed by atoms with Crippen LogP contribution in [0.3, 0.4) is 0 Å². The second-order valence-electron chi connectivity index (χ2n) is 9.37. The lowest BCUT2D eigenvalue weighted by Gasteiger charge is -2.23. The van der Waals surface area contributed by atoms with E-state index in [0.29, 0.717) is 0 Å². The van der Waals surface area contributed by atoms with Gasteiger partial charge >= 0.3 is 0 Å². The van der Waals surface area contributed by atoms with Crippen molar-refractivity contribution >= 4 is 33.5 Å². The van der Waals surface area contributed by atoms with Gasteiger partial charge < -0.3 is 4.57 Å². The number of nitrogens with zero attached hydrogens (tertiary/aromatic N) is 4. The van der Waals surface area contributed by atoms with Gasteiger partial charge in [0, 0.05) is 28.7 Å². The van der Waals surface area contributed by atoms with Crippen molar-refractivity contribution in [3.63, 3.8) is 0 Å². The van der Waals surface area contributed by atoms with Crippen molar-refractivity contribution in [1.29, 1.82) is 0 Å². The number of aromatic nitrogens is 1. The molecule has 4 aromatic rings. The molecular formula is C29H29N5O5S. The van der Waals surface area contributed by atoms with Gasteiger partial charge in [-0.15, -0.1) is 0 Å². The summed E-state index contributed by atoms with van der Waals surface area (Å²) in [6.45, 7) is 7.26. The quantitative estimate of drug-likeness (QED) is 0.176. The highest BCUT2D eigenvalue weighted by Crippen LogP contribution is 2.32. The smallest absolute Gasteiger partial charge is 0.293 e. The number of aryl methyl sites for hydroxylation is 3. The summed E-state index contributed by atoms with van der Waals surface area (Å²) in [5, 5.41) is 15.7. The molecule has 10 nitrogen and oxygen atoms in total. The van der Waals surface area contributed by atoms with Gasteiger partial charge in [-0.05, 0) is 75.2 Å². The molecule has 206 valence electrons. The number of anilines is 1. The normalized spacial score (nSPS) is 11.5. The van der Waals surface area contributed by atoms with Crippen LogP contribution in [0.4, 0.5) is 11.4 Å². The Kier molecular flexibility index (Phi) is 8.15. The molecule has 0 aliphatic rings. The average Bonchev–Trinajstić information content (AvgIpc) is 3.19. The molecule has 4 rings (SSSR count). The summed E-state index contributed by atoms with van der Waals surface area (Å²) in [6, 6.07) is 21.0. The van der Waals surface area contributed by atoms with Gasteiger partial charge in [-0.2, -0.15) is 5.10 Å². The Labute approximate surface area is 232 Å². The summed E-state index contributed by atoms with van der Waals surface area (Å²) < 4.78 is 29.8. The second-order valence-corrected chi connectivity index (χ2v) is 11.2. The minimum atomic E-state index is -4.32. The van der Waals surface area contributed by atoms with Crippen LogP contribution in [0.1, 0.15) is 28.1 Å². The SMILES string of the molecule is Cc1cc(C)cc(-n2c(C)cc(/C=N/NC(=O)CN(c3ccccc3[N+](=O)[O-])S(=O)(=O)c3ccccc3)c2C)c1. The van der Waals surface area contributed by atoms with E-state index in [1.165, 1.54) is 54.7 Å². The zero-order chi connectivity index (χ0) is 29.0. The third-order valence-corrected chi connectivity index (χ3v) is 8.07. The van der Waals surface area contributed by atoms with E-state index < -0.39 is 33.1 Å². The molecule has 1 N–H and O–H groups in total. The summed E-state index contributed by atoms with van der Waals surface area (Å²) in [4.78, 5) is 23.8. The van der Waals surface area contributed by atoms with Crippen LogP contribution < -0.4 is 9.73 Å². The van der Waals surface area contributed by atoms with Gasteiger partial charge in [-0.25, -0.2) is 18.1 Å². The van der Waals surface area contributed by atoms with Crippen molar-refractivity contribution in [2.75, 3.05) is 10.8 Å². The first-order valence-electron chi connectivity index (χ1n) is 12.4. The van der Waals surface area contributed by atoms with Crippen LogP contribution in [-0.4, -0.2) is 36.6 Å². The molecule has 0 spiro atoms. The van der Waals surface area contributed by atoms with Crippen LogP contribution in [0.2, 0.25) is 0 Å². The van der Waals surface area contributed by atoms with Gasteiger partial charge in [0.1, 0.15) is 12.2 Å². The first kappa shape index (κ1) is 28.2.